The van der Waals surface area contributed by atoms with Crippen LogP contribution in [0.5, 0.6) is 0 Å². The van der Waals surface area contributed by atoms with Crippen molar-refractivity contribution in [1.29, 1.82) is 0 Å². The van der Waals surface area contributed by atoms with Crippen LogP contribution in [0, 0.1) is 0 Å². The molecule has 3 N–H and O–H groups in total. The first kappa shape index (κ1) is 98.4. The lowest BCUT2D eigenvalue weighted by Gasteiger charge is -2.21. The molecule has 0 spiro atoms. The predicted molar refractivity (Wildman–Crippen MR) is 426 cm³/mol. The second-order valence-corrected chi connectivity index (χ2v) is 28.4. The minimum atomic E-state index is -5.01. The zero-order valence-corrected chi connectivity index (χ0v) is 66.2. The van der Waals surface area contributed by atoms with E-state index in [0.29, 0.717) is 38.5 Å². The molecule has 0 radical (unpaired) electrons. The minimum absolute atomic E-state index is 0.0279. The van der Waals surface area contributed by atoms with E-state index in [-0.39, 0.29) is 25.7 Å². The Kier molecular flexibility index (Phi) is 71.6. The van der Waals surface area contributed by atoms with Crippen LogP contribution in [0.15, 0.2) is 170 Å². The van der Waals surface area contributed by atoms with E-state index in [9.17, 15) is 43.2 Å². The normalized spacial score (nSPS) is 14.8. The van der Waals surface area contributed by atoms with E-state index in [4.69, 9.17) is 37.0 Å². The first-order valence-electron chi connectivity index (χ1n) is 39.4. The summed E-state index contributed by atoms with van der Waals surface area (Å²) in [5, 5.41) is 10.6. The smallest absolute Gasteiger partial charge is 0.462 e. The lowest BCUT2D eigenvalue weighted by atomic mass is 10.1. The number of rotatable bonds is 72. The average Bonchev–Trinajstić information content (AvgIpc) is 0.931. The minimum Gasteiger partial charge on any atom is -0.462 e. The highest BCUT2D eigenvalue weighted by molar-refractivity contribution is 7.47. The number of unbranched alkanes of at least 4 members (excludes halogenated alkanes) is 18. The van der Waals surface area contributed by atoms with Crippen molar-refractivity contribution in [3.63, 3.8) is 0 Å². The van der Waals surface area contributed by atoms with Crippen molar-refractivity contribution < 1.29 is 80.2 Å². The number of aliphatic hydroxyl groups is 1. The SMILES string of the molecule is CC/C=C\C/C=C\C/C=C\C/C=C\C/C=C\C/C=C\CCC(=O)OCC(COP(=O)(O)OCC(O)COP(=O)(O)OCC(COC(=O)CC/C=C\C/C=C\C/C=C\C/C=C\C/C=C\C/C=C\CC)OC(=O)CCCCCCC/C=C\CCCCCCCC)OC(=O)CCCCCCC/C=C\CCCC. The van der Waals surface area contributed by atoms with E-state index >= 15 is 0 Å². The van der Waals surface area contributed by atoms with Crippen LogP contribution in [-0.2, 0) is 65.4 Å². The molecule has 0 fully saturated rings. The van der Waals surface area contributed by atoms with Crippen LogP contribution in [0.4, 0.5) is 0 Å². The highest BCUT2D eigenvalue weighted by Gasteiger charge is 2.30. The van der Waals surface area contributed by atoms with Crippen molar-refractivity contribution in [2.24, 2.45) is 0 Å². The molecule has 0 aromatic heterocycles. The zero-order chi connectivity index (χ0) is 76.0. The van der Waals surface area contributed by atoms with Crippen LogP contribution in [-0.4, -0.2) is 96.7 Å². The molecule has 17 nitrogen and oxygen atoms in total. The number of hydrogen-bond acceptors (Lipinski definition) is 15. The van der Waals surface area contributed by atoms with Gasteiger partial charge >= 0.3 is 39.5 Å². The summed E-state index contributed by atoms with van der Waals surface area (Å²) in [6.45, 7) is 4.39. The Morgan fingerprint density at radius 1 is 0.279 bits per heavy atom. The van der Waals surface area contributed by atoms with Crippen LogP contribution in [0.25, 0.3) is 0 Å². The first-order valence-corrected chi connectivity index (χ1v) is 42.4. The molecular formula is C85H138O17P2. The quantitative estimate of drug-likeness (QED) is 0.0169. The van der Waals surface area contributed by atoms with Gasteiger partial charge in [-0.25, -0.2) is 9.13 Å². The molecule has 5 atom stereocenters. The third-order valence-corrected chi connectivity index (χ3v) is 17.6. The van der Waals surface area contributed by atoms with Gasteiger partial charge in [-0.15, -0.1) is 0 Å². The van der Waals surface area contributed by atoms with Gasteiger partial charge in [-0.1, -0.05) is 281 Å². The Bertz CT molecular complexity index is 2640. The van der Waals surface area contributed by atoms with Gasteiger partial charge in [0.1, 0.15) is 19.3 Å². The number of carbonyl (C=O) groups is 4. The zero-order valence-electron chi connectivity index (χ0n) is 64.4. The summed E-state index contributed by atoms with van der Waals surface area (Å²) in [6.07, 6.45) is 89.5. The summed E-state index contributed by atoms with van der Waals surface area (Å²) in [4.78, 5) is 72.9. The largest absolute Gasteiger partial charge is 0.472 e. The van der Waals surface area contributed by atoms with E-state index in [0.717, 1.165) is 148 Å². The van der Waals surface area contributed by atoms with Crippen molar-refractivity contribution in [2.45, 2.75) is 303 Å². The number of phosphoric ester groups is 2. The molecular weight excluding hydrogens is 1350 g/mol. The molecule has 0 aliphatic rings. The first-order chi connectivity index (χ1) is 50.7. The molecule has 0 heterocycles. The van der Waals surface area contributed by atoms with E-state index in [1.54, 1.807) is 0 Å². The highest BCUT2D eigenvalue weighted by Crippen LogP contribution is 2.45. The average molecular weight is 1490 g/mol. The van der Waals surface area contributed by atoms with Crippen molar-refractivity contribution in [3.05, 3.63) is 170 Å². The van der Waals surface area contributed by atoms with E-state index < -0.39 is 97.5 Å². The Labute approximate surface area is 629 Å². The van der Waals surface area contributed by atoms with Gasteiger partial charge in [0.2, 0.25) is 0 Å². The molecule has 19 heteroatoms. The molecule has 590 valence electrons. The van der Waals surface area contributed by atoms with Crippen molar-refractivity contribution in [2.75, 3.05) is 39.6 Å². The third kappa shape index (κ3) is 74.7. The summed E-state index contributed by atoms with van der Waals surface area (Å²) in [6, 6.07) is 0. The number of esters is 4. The molecule has 0 rings (SSSR count). The topological polar surface area (TPSA) is 237 Å². The molecule has 104 heavy (non-hydrogen) atoms. The maximum Gasteiger partial charge on any atom is 0.472 e. The molecule has 0 aliphatic carbocycles. The molecule has 0 aromatic rings. The van der Waals surface area contributed by atoms with Crippen LogP contribution < -0.4 is 0 Å². The Morgan fingerprint density at radius 2 is 0.529 bits per heavy atom. The van der Waals surface area contributed by atoms with Gasteiger partial charge in [-0.05, 0) is 148 Å². The molecule has 0 aliphatic heterocycles. The number of carbonyl (C=O) groups excluding carboxylic acids is 4. The fraction of sp³-hybridized carbons (Fsp3) is 0.624. The molecule has 0 saturated carbocycles. The van der Waals surface area contributed by atoms with Crippen molar-refractivity contribution in [1.82, 2.24) is 0 Å². The van der Waals surface area contributed by atoms with Gasteiger partial charge < -0.3 is 33.8 Å². The molecule has 0 amide bonds. The van der Waals surface area contributed by atoms with Gasteiger partial charge in [-0.2, -0.15) is 0 Å². The number of aliphatic hydroxyl groups excluding tert-OH is 1. The second kappa shape index (κ2) is 75.6. The maximum absolute atomic E-state index is 13.1. The monoisotopic (exact) mass is 1490 g/mol. The van der Waals surface area contributed by atoms with Gasteiger partial charge in [0.05, 0.1) is 26.4 Å². The lowest BCUT2D eigenvalue weighted by Crippen LogP contribution is -2.30. The van der Waals surface area contributed by atoms with E-state index in [1.807, 2.05) is 36.5 Å². The van der Waals surface area contributed by atoms with Crippen LogP contribution >= 0.6 is 15.6 Å². The van der Waals surface area contributed by atoms with Crippen LogP contribution in [0.1, 0.15) is 285 Å². The summed E-state index contributed by atoms with van der Waals surface area (Å²) in [5.41, 5.74) is 0. The van der Waals surface area contributed by atoms with E-state index in [2.05, 4.69) is 161 Å². The molecule has 0 aromatic carbocycles. The lowest BCUT2D eigenvalue weighted by molar-refractivity contribution is -0.161. The summed E-state index contributed by atoms with van der Waals surface area (Å²) < 4.78 is 68.3. The Balaban J connectivity index is 5.47. The Hall–Kier alpha value is -5.58. The third-order valence-electron chi connectivity index (χ3n) is 15.7. The molecule has 0 bridgehead atoms. The molecule has 0 saturated heterocycles. The molecule has 5 unspecified atom stereocenters. The van der Waals surface area contributed by atoms with Gasteiger partial charge in [0.15, 0.2) is 12.2 Å². The second-order valence-electron chi connectivity index (χ2n) is 25.5. The summed E-state index contributed by atoms with van der Waals surface area (Å²) in [5.74, 6) is -2.40. The van der Waals surface area contributed by atoms with Crippen molar-refractivity contribution >= 4 is 39.5 Å². The maximum atomic E-state index is 13.1. The van der Waals surface area contributed by atoms with Crippen LogP contribution in [0.2, 0.25) is 0 Å². The van der Waals surface area contributed by atoms with Gasteiger partial charge in [-0.3, -0.25) is 37.3 Å². The summed E-state index contributed by atoms with van der Waals surface area (Å²) >= 11 is 0. The predicted octanol–water partition coefficient (Wildman–Crippen LogP) is 23.0. The van der Waals surface area contributed by atoms with Crippen LogP contribution in [0.3, 0.4) is 0 Å². The number of ether oxygens (including phenoxy) is 4. The summed E-state index contributed by atoms with van der Waals surface area (Å²) in [7, 11) is -10.0. The number of phosphoric acid groups is 2. The van der Waals surface area contributed by atoms with E-state index in [1.165, 1.54) is 44.9 Å². The van der Waals surface area contributed by atoms with Crippen molar-refractivity contribution in [3.8, 4) is 0 Å². The van der Waals surface area contributed by atoms with Gasteiger partial charge in [0, 0.05) is 25.7 Å². The standard InChI is InChI=1S/C85H138O17P2/c1-5-9-13-17-21-25-29-32-35-37-39-41-44-46-50-53-57-61-65-69-82(87)95-75-80(101-84(89)71-67-63-59-55-49-28-24-20-16-12-8-4)77-99-103(91,92)97-73-79(86)74-98-104(93,94)100-78-81(102-85(90)72-68-64-60-56-52-48-43-34-31-27-23-19-15-11-7-3)76-96-83(88)70-66-62-58-54-51-47-45-42-40-38-36-33-30-26-22-18-14-10-6-2/h9-10,13-14,20-22,24-26,32-36,39-43,46-47,50-51,57-58,61-62,79-81,86H,5-8,11-12,15-19,23,27-31,37-38,44-45,48-49,52-56,59-60,63-78H2,1-4H3,(H,91,92)(H,93,94)/b13-9-,14-10-,24-20-,25-21-,26-22-,35-32-,36-33-,41-39-,42-40-,43-34-,50-46-,51-47-,61-57-,62-58-. The fourth-order valence-corrected chi connectivity index (χ4v) is 11.3. The fourth-order valence-electron chi connectivity index (χ4n) is 9.72. The number of allylic oxidation sites excluding steroid dienone is 28. The van der Waals surface area contributed by atoms with Gasteiger partial charge in [0.25, 0.3) is 0 Å². The number of hydrogen-bond donors (Lipinski definition) is 3. The Morgan fingerprint density at radius 3 is 0.837 bits per heavy atom. The highest BCUT2D eigenvalue weighted by atomic mass is 31.2.